The van der Waals surface area contributed by atoms with E-state index in [2.05, 4.69) is 10.2 Å². The molecule has 1 aliphatic rings. The number of amides is 1. The molecule has 0 saturated carbocycles. The monoisotopic (exact) mass is 392 g/mol. The lowest BCUT2D eigenvalue weighted by Gasteiger charge is -2.24. The van der Waals surface area contributed by atoms with Crippen molar-refractivity contribution in [2.75, 3.05) is 11.9 Å². The molecule has 1 saturated heterocycles. The molecule has 2 aromatic carbocycles. The van der Waals surface area contributed by atoms with E-state index in [4.69, 9.17) is 28.3 Å². The molecule has 2 N–H and O–H groups in total. The minimum atomic E-state index is -0.949. The summed E-state index contributed by atoms with van der Waals surface area (Å²) in [5.74, 6) is -1.04. The second-order valence-electron chi connectivity index (χ2n) is 6.28. The number of nitrogens with one attached hydrogen (secondary N) is 1. The molecule has 1 amide bonds. The lowest BCUT2D eigenvalue weighted by atomic mass is 10.1. The number of hydrogen-bond donors (Lipinski definition) is 2. The summed E-state index contributed by atoms with van der Waals surface area (Å²) >= 11 is 12.0. The van der Waals surface area contributed by atoms with Crippen molar-refractivity contribution >= 4 is 40.8 Å². The highest BCUT2D eigenvalue weighted by molar-refractivity contribution is 6.35. The topological polar surface area (TPSA) is 69.6 Å². The first-order valence-corrected chi connectivity index (χ1v) is 9.01. The maximum absolute atomic E-state index is 12.7. The van der Waals surface area contributed by atoms with E-state index in [0.717, 1.165) is 24.9 Å². The summed E-state index contributed by atoms with van der Waals surface area (Å²) in [6.45, 7) is 1.41. The molecule has 1 aliphatic heterocycles. The fourth-order valence-corrected chi connectivity index (χ4v) is 3.68. The number of carbonyl (C=O) groups is 2. The number of nitrogens with zero attached hydrogens (tertiary/aromatic N) is 1. The molecule has 2 aromatic rings. The molecule has 0 aromatic heterocycles. The first-order chi connectivity index (χ1) is 12.4. The smallest absolute Gasteiger partial charge is 0.335 e. The molecule has 0 spiro atoms. The number of halogens is 2. The Labute approximate surface area is 161 Å². The van der Waals surface area contributed by atoms with E-state index in [1.54, 1.807) is 42.5 Å². The average Bonchev–Trinajstić information content (AvgIpc) is 3.02. The van der Waals surface area contributed by atoms with E-state index in [9.17, 15) is 9.59 Å². The molecule has 26 heavy (non-hydrogen) atoms. The molecule has 0 aliphatic carbocycles. The van der Waals surface area contributed by atoms with Crippen LogP contribution >= 0.6 is 23.2 Å². The van der Waals surface area contributed by atoms with Crippen LogP contribution in [0.1, 0.15) is 28.8 Å². The zero-order valence-corrected chi connectivity index (χ0v) is 15.4. The fourth-order valence-electron chi connectivity index (χ4n) is 3.15. The SMILES string of the molecule is O=C(O)c1ccc(CN2CCCC2C(=O)Nc2cc(Cl)cc(Cl)c2)cc1. The standard InChI is InChI=1S/C19H18Cl2N2O3/c20-14-8-15(21)10-16(9-14)22-18(24)17-2-1-7-23(17)11-12-3-5-13(6-4-12)19(25)26/h3-6,8-10,17H,1-2,7,11H2,(H,22,24)(H,25,26). The normalized spacial score (nSPS) is 17.2. The number of anilines is 1. The second-order valence-corrected chi connectivity index (χ2v) is 7.15. The summed E-state index contributed by atoms with van der Waals surface area (Å²) in [6, 6.07) is 11.4. The Morgan fingerprint density at radius 1 is 1.12 bits per heavy atom. The summed E-state index contributed by atoms with van der Waals surface area (Å²) in [7, 11) is 0. The van der Waals surface area contributed by atoms with Crippen LogP contribution in [0.4, 0.5) is 5.69 Å². The molecule has 3 rings (SSSR count). The van der Waals surface area contributed by atoms with Gasteiger partial charge in [-0.1, -0.05) is 35.3 Å². The quantitative estimate of drug-likeness (QED) is 0.795. The fraction of sp³-hybridized carbons (Fsp3) is 0.263. The number of likely N-dealkylation sites (tertiary alicyclic amines) is 1. The first kappa shape index (κ1) is 18.7. The third kappa shape index (κ3) is 4.55. The number of rotatable bonds is 5. The third-order valence-corrected chi connectivity index (χ3v) is 4.82. The van der Waals surface area contributed by atoms with Crippen LogP contribution in [-0.4, -0.2) is 34.5 Å². The highest BCUT2D eigenvalue weighted by Gasteiger charge is 2.30. The number of benzene rings is 2. The lowest BCUT2D eigenvalue weighted by Crippen LogP contribution is -2.39. The molecular weight excluding hydrogens is 375 g/mol. The van der Waals surface area contributed by atoms with Crippen molar-refractivity contribution < 1.29 is 14.7 Å². The Morgan fingerprint density at radius 2 is 1.77 bits per heavy atom. The molecule has 136 valence electrons. The number of carboxylic acids is 1. The molecule has 1 fully saturated rings. The van der Waals surface area contributed by atoms with E-state index >= 15 is 0 Å². The van der Waals surface area contributed by atoms with Gasteiger partial charge in [0.2, 0.25) is 5.91 Å². The summed E-state index contributed by atoms with van der Waals surface area (Å²) < 4.78 is 0. The average molecular weight is 393 g/mol. The molecule has 1 atom stereocenters. The Kier molecular flexibility index (Phi) is 5.81. The van der Waals surface area contributed by atoms with Crippen LogP contribution in [-0.2, 0) is 11.3 Å². The zero-order valence-electron chi connectivity index (χ0n) is 13.9. The number of carboxylic acid groups (broad SMARTS) is 1. The molecule has 5 nitrogen and oxygen atoms in total. The second kappa shape index (κ2) is 8.08. The van der Waals surface area contributed by atoms with E-state index < -0.39 is 5.97 Å². The Hall–Kier alpha value is -2.08. The Balaban J connectivity index is 1.67. The zero-order chi connectivity index (χ0) is 18.7. The van der Waals surface area contributed by atoms with Crippen LogP contribution in [0.15, 0.2) is 42.5 Å². The minimum absolute atomic E-state index is 0.0945. The Bertz CT molecular complexity index is 804. The van der Waals surface area contributed by atoms with Crippen LogP contribution in [0.5, 0.6) is 0 Å². The maximum Gasteiger partial charge on any atom is 0.335 e. The van der Waals surface area contributed by atoms with Gasteiger partial charge in [0.1, 0.15) is 0 Å². The minimum Gasteiger partial charge on any atom is -0.478 e. The van der Waals surface area contributed by atoms with Crippen LogP contribution in [0, 0.1) is 0 Å². The summed E-state index contributed by atoms with van der Waals surface area (Å²) in [5, 5.41) is 12.8. The van der Waals surface area contributed by atoms with Gasteiger partial charge in [0.25, 0.3) is 0 Å². The summed E-state index contributed by atoms with van der Waals surface area (Å²) in [5.41, 5.74) is 1.80. The van der Waals surface area contributed by atoms with Crippen LogP contribution in [0.25, 0.3) is 0 Å². The van der Waals surface area contributed by atoms with Crippen molar-refractivity contribution in [3.05, 3.63) is 63.6 Å². The van der Waals surface area contributed by atoms with E-state index in [-0.39, 0.29) is 17.5 Å². The van der Waals surface area contributed by atoms with Crippen molar-refractivity contribution in [3.63, 3.8) is 0 Å². The van der Waals surface area contributed by atoms with Crippen LogP contribution < -0.4 is 5.32 Å². The summed E-state index contributed by atoms with van der Waals surface area (Å²) in [6.07, 6.45) is 1.70. The van der Waals surface area contributed by atoms with E-state index in [1.165, 1.54) is 0 Å². The van der Waals surface area contributed by atoms with Crippen molar-refractivity contribution in [2.45, 2.75) is 25.4 Å². The van der Waals surface area contributed by atoms with Crippen molar-refractivity contribution in [1.29, 1.82) is 0 Å². The predicted molar refractivity (Wildman–Crippen MR) is 102 cm³/mol. The number of aromatic carboxylic acids is 1. The molecule has 1 heterocycles. The van der Waals surface area contributed by atoms with Gasteiger partial charge in [-0.25, -0.2) is 4.79 Å². The van der Waals surface area contributed by atoms with Crippen molar-refractivity contribution in [1.82, 2.24) is 4.90 Å². The van der Waals surface area contributed by atoms with Crippen molar-refractivity contribution in [2.24, 2.45) is 0 Å². The lowest BCUT2D eigenvalue weighted by molar-refractivity contribution is -0.120. The van der Waals surface area contributed by atoms with Crippen LogP contribution in [0.2, 0.25) is 10.0 Å². The van der Waals surface area contributed by atoms with Gasteiger partial charge in [-0.05, 0) is 55.3 Å². The molecule has 7 heteroatoms. The van der Waals surface area contributed by atoms with Crippen molar-refractivity contribution in [3.8, 4) is 0 Å². The molecular formula is C19H18Cl2N2O3. The van der Waals surface area contributed by atoms with E-state index in [1.807, 2.05) is 0 Å². The summed E-state index contributed by atoms with van der Waals surface area (Å²) in [4.78, 5) is 25.7. The highest BCUT2D eigenvalue weighted by Crippen LogP contribution is 2.25. The van der Waals surface area contributed by atoms with Crippen LogP contribution in [0.3, 0.4) is 0 Å². The van der Waals surface area contributed by atoms with E-state index in [0.29, 0.717) is 22.3 Å². The Morgan fingerprint density at radius 3 is 2.38 bits per heavy atom. The van der Waals surface area contributed by atoms with Gasteiger partial charge in [0, 0.05) is 22.3 Å². The maximum atomic E-state index is 12.7. The third-order valence-electron chi connectivity index (χ3n) is 4.38. The largest absolute Gasteiger partial charge is 0.478 e. The number of carbonyl (C=O) groups excluding carboxylic acids is 1. The molecule has 1 unspecified atom stereocenters. The first-order valence-electron chi connectivity index (χ1n) is 8.25. The molecule has 0 radical (unpaired) electrons. The molecule has 0 bridgehead atoms. The van der Waals surface area contributed by atoms with Gasteiger partial charge in [-0.15, -0.1) is 0 Å². The van der Waals surface area contributed by atoms with Gasteiger partial charge < -0.3 is 10.4 Å². The van der Waals surface area contributed by atoms with Gasteiger partial charge >= 0.3 is 5.97 Å². The van der Waals surface area contributed by atoms with Gasteiger partial charge in [-0.2, -0.15) is 0 Å². The predicted octanol–water partition coefficient (Wildman–Crippen LogP) is 4.29. The van der Waals surface area contributed by atoms with Gasteiger partial charge in [0.05, 0.1) is 11.6 Å². The number of hydrogen-bond acceptors (Lipinski definition) is 3. The van der Waals surface area contributed by atoms with Gasteiger partial charge in [-0.3, -0.25) is 9.69 Å². The van der Waals surface area contributed by atoms with Gasteiger partial charge in [0.15, 0.2) is 0 Å². The highest BCUT2D eigenvalue weighted by atomic mass is 35.5.